The van der Waals surface area contributed by atoms with Crippen LogP contribution in [0.4, 0.5) is 4.39 Å². The Labute approximate surface area is 154 Å². The summed E-state index contributed by atoms with van der Waals surface area (Å²) in [4.78, 5) is 6.85. The summed E-state index contributed by atoms with van der Waals surface area (Å²) in [7, 11) is 0. The van der Waals surface area contributed by atoms with E-state index in [1.54, 1.807) is 6.07 Å². The topological polar surface area (TPSA) is 21.1 Å². The van der Waals surface area contributed by atoms with Gasteiger partial charge in [0.25, 0.3) is 0 Å². The molecule has 2 aromatic carbocycles. The molecule has 136 valence electrons. The molecule has 0 saturated carbocycles. The zero-order valence-electron chi connectivity index (χ0n) is 15.3. The van der Waals surface area contributed by atoms with Crippen LogP contribution >= 0.6 is 0 Å². The maximum atomic E-state index is 13.9. The largest absolute Gasteiger partial charge is 0.327 e. The van der Waals surface area contributed by atoms with Gasteiger partial charge in [-0.05, 0) is 49.4 Å². The maximum absolute atomic E-state index is 13.9. The Hall–Kier alpha value is -2.20. The van der Waals surface area contributed by atoms with Crippen LogP contribution in [0.5, 0.6) is 0 Å². The van der Waals surface area contributed by atoms with Gasteiger partial charge in [-0.25, -0.2) is 9.37 Å². The highest BCUT2D eigenvalue weighted by atomic mass is 19.1. The van der Waals surface area contributed by atoms with Crippen molar-refractivity contribution < 1.29 is 4.39 Å². The second-order valence-electron chi connectivity index (χ2n) is 7.43. The molecule has 0 bridgehead atoms. The average Bonchev–Trinajstić information content (AvgIpc) is 3.13. The zero-order chi connectivity index (χ0) is 17.9. The number of likely N-dealkylation sites (tertiary alicyclic amines) is 1. The molecule has 0 unspecified atom stereocenters. The summed E-state index contributed by atoms with van der Waals surface area (Å²) in [6.45, 7) is 5.65. The number of fused-ring (bicyclic) bond motifs is 1. The third-order valence-corrected chi connectivity index (χ3v) is 5.75. The lowest BCUT2D eigenvalue weighted by Crippen LogP contribution is -2.35. The van der Waals surface area contributed by atoms with Crippen molar-refractivity contribution in [1.29, 1.82) is 0 Å². The quantitative estimate of drug-likeness (QED) is 0.644. The van der Waals surface area contributed by atoms with E-state index in [9.17, 15) is 4.39 Å². The molecule has 1 atom stereocenters. The van der Waals surface area contributed by atoms with Crippen LogP contribution in [0.25, 0.3) is 11.0 Å². The Morgan fingerprint density at radius 1 is 1.08 bits per heavy atom. The first kappa shape index (κ1) is 17.2. The molecule has 0 amide bonds. The molecule has 1 aliphatic heterocycles. The molecule has 1 aliphatic rings. The van der Waals surface area contributed by atoms with Crippen molar-refractivity contribution in [3.63, 3.8) is 0 Å². The van der Waals surface area contributed by atoms with Crippen LogP contribution < -0.4 is 0 Å². The predicted molar refractivity (Wildman–Crippen MR) is 104 cm³/mol. The Balaban J connectivity index is 1.33. The van der Waals surface area contributed by atoms with Crippen molar-refractivity contribution in [1.82, 2.24) is 14.5 Å². The standard InChI is InChI=1S/C22H26FN3/c1-17(18-6-3-2-4-7-18)10-13-25-14-11-19(12-15-25)26-16-24-22-20(23)8-5-9-21(22)26/h2-9,16-17,19H,10-15H2,1H3/t17-/m1/s1. The first-order valence-corrected chi connectivity index (χ1v) is 9.60. The van der Waals surface area contributed by atoms with Crippen LogP contribution in [-0.4, -0.2) is 34.1 Å². The van der Waals surface area contributed by atoms with Crippen LogP contribution in [0.15, 0.2) is 54.9 Å². The molecule has 0 spiro atoms. The highest BCUT2D eigenvalue weighted by Crippen LogP contribution is 2.28. The fourth-order valence-electron chi connectivity index (χ4n) is 4.06. The lowest BCUT2D eigenvalue weighted by molar-refractivity contribution is 0.184. The van der Waals surface area contributed by atoms with Crippen molar-refractivity contribution in [2.45, 2.75) is 38.1 Å². The van der Waals surface area contributed by atoms with Gasteiger partial charge in [0.15, 0.2) is 5.82 Å². The molecule has 3 nitrogen and oxygen atoms in total. The SMILES string of the molecule is C[C@H](CCN1CCC(n2cnc3c(F)cccc32)CC1)c1ccccc1. The van der Waals surface area contributed by atoms with Crippen LogP contribution in [0.1, 0.15) is 43.7 Å². The number of halogens is 1. The van der Waals surface area contributed by atoms with E-state index in [-0.39, 0.29) is 5.82 Å². The average molecular weight is 351 g/mol. The first-order valence-electron chi connectivity index (χ1n) is 9.60. The van der Waals surface area contributed by atoms with Crippen molar-refractivity contribution in [3.8, 4) is 0 Å². The Bertz CT molecular complexity index is 850. The molecule has 0 radical (unpaired) electrons. The van der Waals surface area contributed by atoms with Crippen LogP contribution in [-0.2, 0) is 0 Å². The van der Waals surface area contributed by atoms with Crippen molar-refractivity contribution in [3.05, 3.63) is 66.2 Å². The molecule has 1 aromatic heterocycles. The van der Waals surface area contributed by atoms with Gasteiger partial charge in [0.05, 0.1) is 11.8 Å². The summed E-state index contributed by atoms with van der Waals surface area (Å²) >= 11 is 0. The Kier molecular flexibility index (Phi) is 5.02. The van der Waals surface area contributed by atoms with Crippen molar-refractivity contribution in [2.75, 3.05) is 19.6 Å². The van der Waals surface area contributed by atoms with Gasteiger partial charge in [0.2, 0.25) is 0 Å². The highest BCUT2D eigenvalue weighted by molar-refractivity contribution is 5.75. The molecule has 0 N–H and O–H groups in total. The van der Waals surface area contributed by atoms with Crippen LogP contribution in [0.3, 0.4) is 0 Å². The highest BCUT2D eigenvalue weighted by Gasteiger charge is 2.22. The Morgan fingerprint density at radius 2 is 1.85 bits per heavy atom. The minimum absolute atomic E-state index is 0.228. The second kappa shape index (κ2) is 7.58. The smallest absolute Gasteiger partial charge is 0.151 e. The number of hydrogen-bond acceptors (Lipinski definition) is 2. The number of rotatable bonds is 5. The summed E-state index contributed by atoms with van der Waals surface area (Å²) in [5.41, 5.74) is 2.84. The normalized spacial score (nSPS) is 17.6. The molecule has 0 aliphatic carbocycles. The number of para-hydroxylation sites is 1. The molecule has 4 heteroatoms. The van der Waals surface area contributed by atoms with Gasteiger partial charge >= 0.3 is 0 Å². The minimum atomic E-state index is -0.228. The lowest BCUT2D eigenvalue weighted by Gasteiger charge is -2.33. The first-order chi connectivity index (χ1) is 12.7. The summed E-state index contributed by atoms with van der Waals surface area (Å²) in [5, 5.41) is 0. The molecule has 2 heterocycles. The number of benzene rings is 2. The lowest BCUT2D eigenvalue weighted by atomic mass is 9.97. The van der Waals surface area contributed by atoms with E-state index in [4.69, 9.17) is 0 Å². The number of imidazole rings is 1. The fraction of sp³-hybridized carbons (Fsp3) is 0.409. The third kappa shape index (κ3) is 3.51. The molecule has 1 fully saturated rings. The molecular formula is C22H26FN3. The summed E-state index contributed by atoms with van der Waals surface area (Å²) in [5.74, 6) is 0.364. The summed E-state index contributed by atoms with van der Waals surface area (Å²) in [6.07, 6.45) is 5.20. The van der Waals surface area contributed by atoms with E-state index in [1.807, 2.05) is 12.4 Å². The molecule has 4 rings (SSSR count). The van der Waals surface area contributed by atoms with Gasteiger partial charge in [0, 0.05) is 19.1 Å². The Morgan fingerprint density at radius 3 is 2.62 bits per heavy atom. The molecular weight excluding hydrogens is 325 g/mol. The summed E-state index contributed by atoms with van der Waals surface area (Å²) < 4.78 is 16.0. The van der Waals surface area contributed by atoms with E-state index in [0.29, 0.717) is 17.5 Å². The van der Waals surface area contributed by atoms with E-state index in [0.717, 1.165) is 38.0 Å². The van der Waals surface area contributed by atoms with E-state index in [2.05, 4.69) is 51.7 Å². The monoisotopic (exact) mass is 351 g/mol. The number of nitrogens with zero attached hydrogens (tertiary/aromatic N) is 3. The van der Waals surface area contributed by atoms with Gasteiger partial charge in [-0.1, -0.05) is 43.3 Å². The van der Waals surface area contributed by atoms with E-state index >= 15 is 0 Å². The van der Waals surface area contributed by atoms with Crippen LogP contribution in [0.2, 0.25) is 0 Å². The molecule has 26 heavy (non-hydrogen) atoms. The van der Waals surface area contributed by atoms with Gasteiger partial charge in [-0.2, -0.15) is 0 Å². The second-order valence-corrected chi connectivity index (χ2v) is 7.43. The predicted octanol–water partition coefficient (Wildman–Crippen LogP) is 5.01. The fourth-order valence-corrected chi connectivity index (χ4v) is 4.06. The maximum Gasteiger partial charge on any atom is 0.151 e. The van der Waals surface area contributed by atoms with Crippen molar-refractivity contribution in [2.24, 2.45) is 0 Å². The summed E-state index contributed by atoms with van der Waals surface area (Å²) in [6, 6.07) is 16.4. The van der Waals surface area contributed by atoms with Gasteiger partial charge in [-0.3, -0.25) is 0 Å². The van der Waals surface area contributed by atoms with Crippen LogP contribution in [0, 0.1) is 5.82 Å². The van der Waals surface area contributed by atoms with E-state index < -0.39 is 0 Å². The van der Waals surface area contributed by atoms with Crippen molar-refractivity contribution >= 4 is 11.0 Å². The zero-order valence-corrected chi connectivity index (χ0v) is 15.3. The minimum Gasteiger partial charge on any atom is -0.327 e. The number of piperidine rings is 1. The van der Waals surface area contributed by atoms with Gasteiger partial charge in [0.1, 0.15) is 5.52 Å². The van der Waals surface area contributed by atoms with E-state index in [1.165, 1.54) is 18.1 Å². The van der Waals surface area contributed by atoms with Gasteiger partial charge < -0.3 is 9.47 Å². The van der Waals surface area contributed by atoms with Gasteiger partial charge in [-0.15, -0.1) is 0 Å². The third-order valence-electron chi connectivity index (χ3n) is 5.75. The number of hydrogen-bond donors (Lipinski definition) is 0. The molecule has 3 aromatic rings. The molecule has 1 saturated heterocycles. The number of aromatic nitrogens is 2.